The highest BCUT2D eigenvalue weighted by molar-refractivity contribution is 5.38. The zero-order valence-electron chi connectivity index (χ0n) is 13.9. The summed E-state index contributed by atoms with van der Waals surface area (Å²) in [4.78, 5) is 1.51. The molecule has 21 heavy (non-hydrogen) atoms. The lowest BCUT2D eigenvalue weighted by Gasteiger charge is -2.21. The Kier molecular flexibility index (Phi) is 5.28. The van der Waals surface area contributed by atoms with E-state index in [0.717, 1.165) is 17.9 Å². The predicted octanol–water partition coefficient (Wildman–Crippen LogP) is 1.71. The molecule has 1 aliphatic rings. The second kappa shape index (κ2) is 6.80. The molecule has 0 spiro atoms. The molecule has 3 nitrogen and oxygen atoms in total. The standard InChI is InChI=1S/C18H29NO2/c1-14-11-15(18(2,3)4)7-8-17(14)21-13-16(20)12-19-9-5-6-10-19/h7-8,11,16,20H,5-6,9-10,12-13H2,1-4H3/p+1/t16-/m1/s1. The number of aryl methyl sites for hydroxylation is 1. The minimum absolute atomic E-state index is 0.155. The molecule has 118 valence electrons. The summed E-state index contributed by atoms with van der Waals surface area (Å²) in [5.41, 5.74) is 2.61. The van der Waals surface area contributed by atoms with Crippen LogP contribution in [-0.4, -0.2) is 37.5 Å². The quantitative estimate of drug-likeness (QED) is 0.866. The van der Waals surface area contributed by atoms with Crippen molar-refractivity contribution in [1.29, 1.82) is 0 Å². The first-order chi connectivity index (χ1) is 9.86. The number of quaternary nitrogens is 1. The highest BCUT2D eigenvalue weighted by Gasteiger charge is 2.20. The van der Waals surface area contributed by atoms with Gasteiger partial charge in [0.15, 0.2) is 0 Å². The molecular formula is C18H30NO2+. The third-order valence-electron chi connectivity index (χ3n) is 4.31. The molecule has 1 atom stereocenters. The maximum Gasteiger partial charge on any atom is 0.137 e. The molecule has 1 aromatic carbocycles. The molecule has 0 aromatic heterocycles. The molecule has 0 aliphatic carbocycles. The van der Waals surface area contributed by atoms with Gasteiger partial charge in [0.2, 0.25) is 0 Å². The van der Waals surface area contributed by atoms with Crippen LogP contribution in [0, 0.1) is 6.92 Å². The average molecular weight is 292 g/mol. The average Bonchev–Trinajstić information content (AvgIpc) is 2.89. The van der Waals surface area contributed by atoms with E-state index in [1.807, 2.05) is 6.07 Å². The number of aliphatic hydroxyl groups excluding tert-OH is 1. The summed E-state index contributed by atoms with van der Waals surface area (Å²) in [5.74, 6) is 0.887. The fraction of sp³-hybridized carbons (Fsp3) is 0.667. The van der Waals surface area contributed by atoms with Crippen LogP contribution in [0.5, 0.6) is 5.75 Å². The Hall–Kier alpha value is -1.06. The summed E-state index contributed by atoms with van der Waals surface area (Å²) < 4.78 is 5.81. The van der Waals surface area contributed by atoms with Gasteiger partial charge in [-0.05, 0) is 29.5 Å². The lowest BCUT2D eigenvalue weighted by Crippen LogP contribution is -3.11. The lowest BCUT2D eigenvalue weighted by molar-refractivity contribution is -0.890. The van der Waals surface area contributed by atoms with Gasteiger partial charge in [-0.3, -0.25) is 0 Å². The van der Waals surface area contributed by atoms with Crippen LogP contribution in [-0.2, 0) is 5.41 Å². The number of ether oxygens (including phenoxy) is 1. The van der Waals surface area contributed by atoms with Crippen LogP contribution >= 0.6 is 0 Å². The summed E-state index contributed by atoms with van der Waals surface area (Å²) in [6, 6.07) is 6.35. The van der Waals surface area contributed by atoms with Crippen molar-refractivity contribution >= 4 is 0 Å². The van der Waals surface area contributed by atoms with Crippen molar-refractivity contribution in [1.82, 2.24) is 0 Å². The van der Waals surface area contributed by atoms with E-state index < -0.39 is 0 Å². The summed E-state index contributed by atoms with van der Waals surface area (Å²) >= 11 is 0. The van der Waals surface area contributed by atoms with Crippen molar-refractivity contribution in [2.24, 2.45) is 0 Å². The van der Waals surface area contributed by atoms with Gasteiger partial charge in [0.25, 0.3) is 0 Å². The first kappa shape index (κ1) is 16.3. The number of likely N-dealkylation sites (tertiary alicyclic amines) is 1. The lowest BCUT2D eigenvalue weighted by atomic mass is 9.86. The molecule has 0 bridgehead atoms. The Balaban J connectivity index is 1.87. The molecule has 0 saturated carbocycles. The van der Waals surface area contributed by atoms with Crippen molar-refractivity contribution < 1.29 is 14.7 Å². The molecule has 3 heteroatoms. The molecule has 1 heterocycles. The zero-order chi connectivity index (χ0) is 15.5. The smallest absolute Gasteiger partial charge is 0.137 e. The summed E-state index contributed by atoms with van der Waals surface area (Å²) in [6.07, 6.45) is 2.20. The number of benzene rings is 1. The third kappa shape index (κ3) is 4.72. The minimum Gasteiger partial charge on any atom is -0.490 e. The van der Waals surface area contributed by atoms with Crippen molar-refractivity contribution in [3.63, 3.8) is 0 Å². The van der Waals surface area contributed by atoms with Crippen LogP contribution in [0.2, 0.25) is 0 Å². The zero-order valence-corrected chi connectivity index (χ0v) is 13.9. The fourth-order valence-electron chi connectivity index (χ4n) is 2.94. The highest BCUT2D eigenvalue weighted by Crippen LogP contribution is 2.27. The fourth-order valence-corrected chi connectivity index (χ4v) is 2.94. The van der Waals surface area contributed by atoms with Crippen molar-refractivity contribution in [3.05, 3.63) is 29.3 Å². The molecule has 1 aliphatic heterocycles. The molecular weight excluding hydrogens is 262 g/mol. The van der Waals surface area contributed by atoms with Gasteiger partial charge in [0.1, 0.15) is 25.0 Å². The molecule has 1 saturated heterocycles. The predicted molar refractivity (Wildman–Crippen MR) is 86.2 cm³/mol. The summed E-state index contributed by atoms with van der Waals surface area (Å²) in [5, 5.41) is 10.1. The Labute approximate surface area is 128 Å². The second-order valence-corrected chi connectivity index (χ2v) is 7.36. The van der Waals surface area contributed by atoms with Crippen LogP contribution in [0.25, 0.3) is 0 Å². The van der Waals surface area contributed by atoms with Gasteiger partial charge in [-0.25, -0.2) is 0 Å². The van der Waals surface area contributed by atoms with Gasteiger partial charge in [-0.15, -0.1) is 0 Å². The molecule has 0 unspecified atom stereocenters. The van der Waals surface area contributed by atoms with Crippen molar-refractivity contribution in [2.75, 3.05) is 26.2 Å². The molecule has 2 N–H and O–H groups in total. The van der Waals surface area contributed by atoms with Crippen LogP contribution in [0.1, 0.15) is 44.7 Å². The summed E-state index contributed by atoms with van der Waals surface area (Å²) in [6.45, 7) is 12.3. The highest BCUT2D eigenvalue weighted by atomic mass is 16.5. The molecule has 1 fully saturated rings. The van der Waals surface area contributed by atoms with Gasteiger partial charge in [-0.2, -0.15) is 0 Å². The van der Waals surface area contributed by atoms with Crippen molar-refractivity contribution in [3.8, 4) is 5.75 Å². The third-order valence-corrected chi connectivity index (χ3v) is 4.31. The van der Waals surface area contributed by atoms with E-state index in [9.17, 15) is 5.11 Å². The van der Waals surface area contributed by atoms with E-state index in [4.69, 9.17) is 4.74 Å². The molecule has 0 radical (unpaired) electrons. The van der Waals surface area contributed by atoms with Crippen LogP contribution in [0.4, 0.5) is 0 Å². The normalized spacial score (nSPS) is 18.0. The van der Waals surface area contributed by atoms with Crippen molar-refractivity contribution in [2.45, 2.75) is 52.1 Å². The Morgan fingerprint density at radius 3 is 2.48 bits per heavy atom. The topological polar surface area (TPSA) is 33.9 Å². The molecule has 0 amide bonds. The number of hydrogen-bond acceptors (Lipinski definition) is 2. The van der Waals surface area contributed by atoms with E-state index in [1.54, 1.807) is 0 Å². The van der Waals surface area contributed by atoms with Crippen LogP contribution in [0.15, 0.2) is 18.2 Å². The first-order valence-corrected chi connectivity index (χ1v) is 8.12. The van der Waals surface area contributed by atoms with E-state index in [-0.39, 0.29) is 11.5 Å². The van der Waals surface area contributed by atoms with E-state index >= 15 is 0 Å². The minimum atomic E-state index is -0.375. The second-order valence-electron chi connectivity index (χ2n) is 7.36. The van der Waals surface area contributed by atoms with E-state index in [2.05, 4.69) is 39.8 Å². The van der Waals surface area contributed by atoms with Gasteiger partial charge >= 0.3 is 0 Å². The van der Waals surface area contributed by atoms with Crippen LogP contribution in [0.3, 0.4) is 0 Å². The van der Waals surface area contributed by atoms with Gasteiger partial charge in [0.05, 0.1) is 13.1 Å². The Morgan fingerprint density at radius 2 is 1.90 bits per heavy atom. The van der Waals surface area contributed by atoms with E-state index in [0.29, 0.717) is 6.61 Å². The van der Waals surface area contributed by atoms with Gasteiger partial charge in [0, 0.05) is 12.8 Å². The maximum atomic E-state index is 10.1. The number of aliphatic hydroxyl groups is 1. The van der Waals surface area contributed by atoms with E-state index in [1.165, 1.54) is 36.4 Å². The SMILES string of the molecule is Cc1cc(C(C)(C)C)ccc1OC[C@H](O)C[NH+]1CCCC1. The number of nitrogens with one attached hydrogen (secondary N) is 1. The Bertz CT molecular complexity index is 459. The largest absolute Gasteiger partial charge is 0.490 e. The first-order valence-electron chi connectivity index (χ1n) is 8.12. The summed E-state index contributed by atoms with van der Waals surface area (Å²) in [7, 11) is 0. The number of hydrogen-bond donors (Lipinski definition) is 2. The monoisotopic (exact) mass is 292 g/mol. The maximum absolute atomic E-state index is 10.1. The van der Waals surface area contributed by atoms with Gasteiger partial charge in [-0.1, -0.05) is 32.9 Å². The Morgan fingerprint density at radius 1 is 1.24 bits per heavy atom. The molecule has 2 rings (SSSR count). The van der Waals surface area contributed by atoms with Gasteiger partial charge < -0.3 is 14.7 Å². The van der Waals surface area contributed by atoms with Crippen LogP contribution < -0.4 is 9.64 Å². The number of rotatable bonds is 5. The molecule has 1 aromatic rings.